The first-order chi connectivity index (χ1) is 10.2. The van der Waals surface area contributed by atoms with Gasteiger partial charge in [0.1, 0.15) is 17.2 Å². The van der Waals surface area contributed by atoms with E-state index in [1.807, 2.05) is 0 Å². The third-order valence-corrected chi connectivity index (χ3v) is 3.01. The molecule has 0 spiro atoms. The molecular weight excluding hydrogens is 306 g/mol. The zero-order chi connectivity index (χ0) is 16.5. The van der Waals surface area contributed by atoms with Gasteiger partial charge in [0.15, 0.2) is 6.10 Å². The highest BCUT2D eigenvalue weighted by atomic mass is 19.4. The molecule has 0 fully saturated rings. The molecule has 0 amide bonds. The van der Waals surface area contributed by atoms with Gasteiger partial charge in [-0.1, -0.05) is 0 Å². The summed E-state index contributed by atoms with van der Waals surface area (Å²) in [5.41, 5.74) is 5.73. The van der Waals surface area contributed by atoms with Crippen molar-refractivity contribution in [3.8, 4) is 0 Å². The van der Waals surface area contributed by atoms with Crippen LogP contribution in [0.25, 0.3) is 11.0 Å². The number of alkyl halides is 3. The second-order valence-electron chi connectivity index (χ2n) is 4.75. The summed E-state index contributed by atoms with van der Waals surface area (Å²) in [6.45, 7) is 0.795. The number of rotatable bonds is 4. The van der Waals surface area contributed by atoms with Crippen LogP contribution >= 0.6 is 0 Å². The third kappa shape index (κ3) is 3.56. The fraction of sp³-hybridized carbons (Fsp3) is 0.357. The molecule has 2 aromatic rings. The van der Waals surface area contributed by atoms with E-state index in [1.54, 1.807) is 0 Å². The van der Waals surface area contributed by atoms with Crippen LogP contribution in [0.1, 0.15) is 18.2 Å². The van der Waals surface area contributed by atoms with Crippen LogP contribution in [-0.2, 0) is 22.5 Å². The van der Waals surface area contributed by atoms with Crippen LogP contribution in [0.15, 0.2) is 22.6 Å². The molecule has 0 aliphatic carbocycles. The van der Waals surface area contributed by atoms with Gasteiger partial charge in [-0.2, -0.15) is 13.2 Å². The Bertz CT molecular complexity index is 693. The summed E-state index contributed by atoms with van der Waals surface area (Å²) in [7, 11) is 0. The number of hydrogen-bond donors (Lipinski definition) is 1. The molecule has 0 saturated heterocycles. The van der Waals surface area contributed by atoms with Crippen LogP contribution in [0.3, 0.4) is 0 Å². The SMILES string of the molecule is CC(OC(=O)Cc1cc(F)cc2cc(CN)oc12)C(F)(F)F. The van der Waals surface area contributed by atoms with Crippen LogP contribution < -0.4 is 5.73 Å². The predicted molar refractivity (Wildman–Crippen MR) is 69.4 cm³/mol. The minimum absolute atomic E-state index is 0.0747. The first kappa shape index (κ1) is 16.3. The first-order valence-corrected chi connectivity index (χ1v) is 6.38. The Kier molecular flexibility index (Phi) is 4.41. The lowest BCUT2D eigenvalue weighted by atomic mass is 10.1. The molecule has 0 radical (unpaired) electrons. The van der Waals surface area contributed by atoms with Crippen LogP contribution in [-0.4, -0.2) is 18.2 Å². The summed E-state index contributed by atoms with van der Waals surface area (Å²) >= 11 is 0. The van der Waals surface area contributed by atoms with E-state index in [1.165, 1.54) is 12.1 Å². The molecule has 8 heteroatoms. The van der Waals surface area contributed by atoms with Crippen molar-refractivity contribution in [3.05, 3.63) is 35.3 Å². The van der Waals surface area contributed by atoms with E-state index in [0.29, 0.717) is 11.1 Å². The number of ether oxygens (including phenoxy) is 1. The maximum atomic E-state index is 13.5. The number of halogens is 4. The molecule has 0 bridgehead atoms. The second kappa shape index (κ2) is 5.96. The van der Waals surface area contributed by atoms with E-state index in [2.05, 4.69) is 4.74 Å². The van der Waals surface area contributed by atoms with Crippen LogP contribution in [0.2, 0.25) is 0 Å². The largest absolute Gasteiger partial charge is 0.459 e. The lowest BCUT2D eigenvalue weighted by molar-refractivity contribution is -0.215. The third-order valence-electron chi connectivity index (χ3n) is 3.01. The Morgan fingerprint density at radius 2 is 2.05 bits per heavy atom. The van der Waals surface area contributed by atoms with Gasteiger partial charge < -0.3 is 14.9 Å². The molecule has 2 rings (SSSR count). The minimum Gasteiger partial charge on any atom is -0.459 e. The smallest absolute Gasteiger partial charge is 0.425 e. The Hall–Kier alpha value is -2.09. The quantitative estimate of drug-likeness (QED) is 0.695. The van der Waals surface area contributed by atoms with Gasteiger partial charge in [-0.05, 0) is 25.1 Å². The number of benzene rings is 1. The number of nitrogens with two attached hydrogens (primary N) is 1. The highest BCUT2D eigenvalue weighted by molar-refractivity contribution is 5.85. The molecule has 0 saturated carbocycles. The molecule has 2 N–H and O–H groups in total. The fourth-order valence-electron chi connectivity index (χ4n) is 1.93. The molecule has 1 aromatic carbocycles. The van der Waals surface area contributed by atoms with Gasteiger partial charge in [-0.25, -0.2) is 4.39 Å². The van der Waals surface area contributed by atoms with Crippen LogP contribution in [0, 0.1) is 5.82 Å². The maximum Gasteiger partial charge on any atom is 0.425 e. The van der Waals surface area contributed by atoms with Gasteiger partial charge in [0.25, 0.3) is 0 Å². The summed E-state index contributed by atoms with van der Waals surface area (Å²) < 4.78 is 60.2. The van der Waals surface area contributed by atoms with Crippen LogP contribution in [0.5, 0.6) is 0 Å². The molecule has 1 heterocycles. The number of hydrogen-bond acceptors (Lipinski definition) is 4. The average Bonchev–Trinajstić information content (AvgIpc) is 2.80. The lowest BCUT2D eigenvalue weighted by Crippen LogP contribution is -2.31. The number of fused-ring (bicyclic) bond motifs is 1. The summed E-state index contributed by atoms with van der Waals surface area (Å²) in [6.07, 6.45) is -7.42. The van der Waals surface area contributed by atoms with Crippen molar-refractivity contribution in [2.24, 2.45) is 5.73 Å². The van der Waals surface area contributed by atoms with Crippen molar-refractivity contribution >= 4 is 16.9 Å². The van der Waals surface area contributed by atoms with Crippen molar-refractivity contribution < 1.29 is 31.5 Å². The molecule has 120 valence electrons. The van der Waals surface area contributed by atoms with Gasteiger partial charge in [0, 0.05) is 10.9 Å². The predicted octanol–water partition coefficient (Wildman–Crippen LogP) is 3.07. The van der Waals surface area contributed by atoms with Gasteiger partial charge >= 0.3 is 12.1 Å². The first-order valence-electron chi connectivity index (χ1n) is 6.38. The number of esters is 1. The van der Waals surface area contributed by atoms with E-state index in [-0.39, 0.29) is 17.7 Å². The topological polar surface area (TPSA) is 65.5 Å². The second-order valence-corrected chi connectivity index (χ2v) is 4.75. The zero-order valence-electron chi connectivity index (χ0n) is 11.5. The fourth-order valence-corrected chi connectivity index (χ4v) is 1.93. The lowest BCUT2D eigenvalue weighted by Gasteiger charge is -2.16. The van der Waals surface area contributed by atoms with Crippen LogP contribution in [0.4, 0.5) is 17.6 Å². The highest BCUT2D eigenvalue weighted by Gasteiger charge is 2.39. The van der Waals surface area contributed by atoms with Gasteiger partial charge in [-0.15, -0.1) is 0 Å². The molecule has 0 aliphatic heterocycles. The molecule has 1 unspecified atom stereocenters. The monoisotopic (exact) mass is 319 g/mol. The number of carbonyl (C=O) groups excluding carboxylic acids is 1. The van der Waals surface area contributed by atoms with Crippen molar-refractivity contribution in [1.29, 1.82) is 0 Å². The molecule has 22 heavy (non-hydrogen) atoms. The zero-order valence-corrected chi connectivity index (χ0v) is 11.5. The Morgan fingerprint density at radius 1 is 1.36 bits per heavy atom. The van der Waals surface area contributed by atoms with E-state index < -0.39 is 30.5 Å². The van der Waals surface area contributed by atoms with E-state index in [4.69, 9.17) is 10.2 Å². The van der Waals surface area contributed by atoms with E-state index in [0.717, 1.165) is 13.0 Å². The molecule has 4 nitrogen and oxygen atoms in total. The van der Waals surface area contributed by atoms with Crippen molar-refractivity contribution in [3.63, 3.8) is 0 Å². The summed E-state index contributed by atoms with van der Waals surface area (Å²) in [5, 5.41) is 0.382. The van der Waals surface area contributed by atoms with Gasteiger partial charge in [-0.3, -0.25) is 4.79 Å². The van der Waals surface area contributed by atoms with E-state index >= 15 is 0 Å². The molecule has 1 atom stereocenters. The summed E-state index contributed by atoms with van der Waals surface area (Å²) in [5.74, 6) is -1.38. The molecule has 0 aliphatic rings. The van der Waals surface area contributed by atoms with Crippen molar-refractivity contribution in [2.45, 2.75) is 32.2 Å². The Balaban J connectivity index is 2.24. The van der Waals surface area contributed by atoms with Crippen molar-refractivity contribution in [1.82, 2.24) is 0 Å². The normalized spacial score (nSPS) is 13.4. The van der Waals surface area contributed by atoms with Gasteiger partial charge in [0.05, 0.1) is 13.0 Å². The Labute approximate surface area is 122 Å². The summed E-state index contributed by atoms with van der Waals surface area (Å²) in [6, 6.07) is 3.71. The van der Waals surface area contributed by atoms with Gasteiger partial charge in [0.2, 0.25) is 0 Å². The molecule has 1 aromatic heterocycles. The average molecular weight is 319 g/mol. The standard InChI is InChI=1S/C14H13F4NO3/c1-7(14(16,17)18)21-12(20)5-9-3-10(15)2-8-4-11(6-19)22-13(8)9/h2-4,7H,5-6,19H2,1H3. The highest BCUT2D eigenvalue weighted by Crippen LogP contribution is 2.26. The van der Waals surface area contributed by atoms with Crippen molar-refractivity contribution in [2.75, 3.05) is 0 Å². The molecular formula is C14H13F4NO3. The number of furan rings is 1. The summed E-state index contributed by atoms with van der Waals surface area (Å²) in [4.78, 5) is 11.6. The minimum atomic E-state index is -4.65. The van der Waals surface area contributed by atoms with E-state index in [9.17, 15) is 22.4 Å². The number of carbonyl (C=O) groups is 1. The Morgan fingerprint density at radius 3 is 2.64 bits per heavy atom. The maximum absolute atomic E-state index is 13.5.